The van der Waals surface area contributed by atoms with Crippen LogP contribution in [0.4, 0.5) is 5.69 Å². The van der Waals surface area contributed by atoms with Crippen molar-refractivity contribution in [1.82, 2.24) is 9.78 Å². The summed E-state index contributed by atoms with van der Waals surface area (Å²) in [7, 11) is 0. The van der Waals surface area contributed by atoms with Crippen molar-refractivity contribution in [2.24, 2.45) is 0 Å². The summed E-state index contributed by atoms with van der Waals surface area (Å²) in [6.45, 7) is 2.82. The smallest absolute Gasteiger partial charge is 0.333 e. The minimum absolute atomic E-state index is 0.0968. The van der Waals surface area contributed by atoms with Crippen molar-refractivity contribution in [1.29, 1.82) is 0 Å². The van der Waals surface area contributed by atoms with E-state index in [-0.39, 0.29) is 17.9 Å². The van der Waals surface area contributed by atoms with Gasteiger partial charge in [-0.15, -0.1) is 0 Å². The molecule has 1 aromatic carbocycles. The van der Waals surface area contributed by atoms with E-state index in [2.05, 4.69) is 21.0 Å². The molecule has 0 radical (unpaired) electrons. The number of aryl methyl sites for hydroxylation is 1. The Bertz CT molecular complexity index is 760. The summed E-state index contributed by atoms with van der Waals surface area (Å²) in [5, 5.41) is 15.4. The van der Waals surface area contributed by atoms with Gasteiger partial charge in [0.15, 0.2) is 0 Å². The molecule has 0 bridgehead atoms. The van der Waals surface area contributed by atoms with Crippen LogP contribution in [0.5, 0.6) is 5.75 Å². The number of rotatable bonds is 4. The van der Waals surface area contributed by atoms with E-state index >= 15 is 0 Å². The Balaban J connectivity index is 2.16. The summed E-state index contributed by atoms with van der Waals surface area (Å²) < 4.78 is 6.98. The fourth-order valence-electron chi connectivity index (χ4n) is 1.94. The van der Waals surface area contributed by atoms with E-state index in [1.165, 1.54) is 18.5 Å². The summed E-state index contributed by atoms with van der Waals surface area (Å²) in [6, 6.07) is 4.73. The molecule has 0 fully saturated rings. The van der Waals surface area contributed by atoms with Gasteiger partial charge >= 0.3 is 11.7 Å². The number of aromatic nitrogens is 2. The predicted octanol–water partition coefficient (Wildman–Crippen LogP) is 3.43. The molecular weight excluding hydrogens is 378 g/mol. The van der Waals surface area contributed by atoms with Crippen molar-refractivity contribution in [2.45, 2.75) is 20.4 Å². The number of benzene rings is 1. The molecule has 0 atom stereocenters. The Morgan fingerprint density at radius 1 is 1.50 bits per heavy atom. The molecule has 22 heavy (non-hydrogen) atoms. The Kier molecular flexibility index (Phi) is 4.82. The molecule has 0 aliphatic rings. The zero-order valence-corrected chi connectivity index (χ0v) is 14.0. The molecule has 2 rings (SSSR count). The van der Waals surface area contributed by atoms with Gasteiger partial charge in [-0.3, -0.25) is 14.8 Å². The van der Waals surface area contributed by atoms with Crippen LogP contribution in [-0.4, -0.2) is 20.7 Å². The molecule has 0 spiro atoms. The maximum Gasteiger partial charge on any atom is 0.333 e. The Morgan fingerprint density at radius 3 is 2.73 bits per heavy atom. The molecule has 0 amide bonds. The number of nitrogens with zero attached hydrogens (tertiary/aromatic N) is 3. The summed E-state index contributed by atoms with van der Waals surface area (Å²) in [5.74, 6) is -0.283. The van der Waals surface area contributed by atoms with Crippen LogP contribution in [0, 0.1) is 24.0 Å². The fraction of sp³-hybridized carbons (Fsp3) is 0.231. The lowest BCUT2D eigenvalue weighted by molar-refractivity contribution is -0.386. The lowest BCUT2D eigenvalue weighted by Crippen LogP contribution is -2.18. The van der Waals surface area contributed by atoms with Crippen molar-refractivity contribution in [3.05, 3.63) is 49.2 Å². The van der Waals surface area contributed by atoms with E-state index in [9.17, 15) is 14.9 Å². The highest BCUT2D eigenvalue weighted by atomic mass is 79.9. The summed E-state index contributed by atoms with van der Waals surface area (Å²) in [5.41, 5.74) is 0.457. The first kappa shape index (κ1) is 16.4. The normalized spacial score (nSPS) is 10.5. The van der Waals surface area contributed by atoms with Gasteiger partial charge < -0.3 is 4.74 Å². The second-order valence-electron chi connectivity index (χ2n) is 4.48. The quantitative estimate of drug-likeness (QED) is 0.346. The average Bonchev–Trinajstić information content (AvgIpc) is 2.67. The number of carbonyl (C=O) groups is 1. The van der Waals surface area contributed by atoms with Crippen LogP contribution in [0.2, 0.25) is 5.02 Å². The highest BCUT2D eigenvalue weighted by molar-refractivity contribution is 9.10. The van der Waals surface area contributed by atoms with E-state index in [1.807, 2.05) is 0 Å². The molecule has 0 aliphatic carbocycles. The van der Waals surface area contributed by atoms with Gasteiger partial charge in [-0.25, -0.2) is 4.79 Å². The maximum atomic E-state index is 12.0. The number of ether oxygens (including phenoxy) is 1. The minimum atomic E-state index is -0.594. The largest absolute Gasteiger partial charge is 0.424 e. The van der Waals surface area contributed by atoms with Crippen LogP contribution >= 0.6 is 27.5 Å². The minimum Gasteiger partial charge on any atom is -0.424 e. The number of esters is 1. The summed E-state index contributed by atoms with van der Waals surface area (Å²) in [4.78, 5) is 22.4. The monoisotopic (exact) mass is 387 g/mol. The van der Waals surface area contributed by atoms with Crippen molar-refractivity contribution in [2.75, 3.05) is 0 Å². The third kappa shape index (κ3) is 3.45. The second-order valence-corrected chi connectivity index (χ2v) is 5.77. The number of carbonyl (C=O) groups excluding carboxylic acids is 1. The third-order valence-corrected chi connectivity index (χ3v) is 3.78. The molecule has 7 nitrogen and oxygen atoms in total. The SMILES string of the molecule is Cc1nn(CC(=O)Oc2ccc(Cl)cc2Br)c(C)c1[N+](=O)[O-]. The number of hydrogen-bond acceptors (Lipinski definition) is 5. The predicted molar refractivity (Wildman–Crippen MR) is 83.1 cm³/mol. The lowest BCUT2D eigenvalue weighted by Gasteiger charge is -2.07. The second kappa shape index (κ2) is 6.45. The van der Waals surface area contributed by atoms with Gasteiger partial charge in [0.25, 0.3) is 0 Å². The van der Waals surface area contributed by atoms with Gasteiger partial charge in [-0.2, -0.15) is 5.10 Å². The van der Waals surface area contributed by atoms with Gasteiger partial charge in [-0.1, -0.05) is 11.6 Å². The van der Waals surface area contributed by atoms with Crippen LogP contribution in [0.25, 0.3) is 0 Å². The molecule has 1 heterocycles. The fourth-order valence-corrected chi connectivity index (χ4v) is 2.70. The molecule has 116 valence electrons. The van der Waals surface area contributed by atoms with E-state index in [0.717, 1.165) is 0 Å². The third-order valence-electron chi connectivity index (χ3n) is 2.92. The summed E-state index contributed by atoms with van der Waals surface area (Å²) >= 11 is 9.04. The molecule has 0 saturated carbocycles. The maximum absolute atomic E-state index is 12.0. The van der Waals surface area contributed by atoms with Gasteiger partial charge in [0.1, 0.15) is 23.7 Å². The van der Waals surface area contributed by atoms with E-state index < -0.39 is 10.9 Å². The standard InChI is InChI=1S/C13H11BrClN3O4/c1-7-13(18(20)21)8(2)17(16-7)6-12(19)22-11-4-3-9(15)5-10(11)14/h3-5H,6H2,1-2H3. The molecule has 0 N–H and O–H groups in total. The number of hydrogen-bond donors (Lipinski definition) is 0. The molecular formula is C13H11BrClN3O4. The van der Waals surface area contributed by atoms with Gasteiger partial charge in [0.2, 0.25) is 0 Å². The first-order valence-corrected chi connectivity index (χ1v) is 7.31. The molecule has 1 aromatic heterocycles. The van der Waals surface area contributed by atoms with Crippen molar-refractivity contribution >= 4 is 39.2 Å². The Labute approximate surface area is 139 Å². The van der Waals surface area contributed by atoms with Crippen LogP contribution in [-0.2, 0) is 11.3 Å². The van der Waals surface area contributed by atoms with Crippen molar-refractivity contribution < 1.29 is 14.5 Å². The van der Waals surface area contributed by atoms with Crippen molar-refractivity contribution in [3.8, 4) is 5.75 Å². The topological polar surface area (TPSA) is 87.3 Å². The molecule has 0 aliphatic heterocycles. The van der Waals surface area contributed by atoms with Crippen LogP contribution in [0.1, 0.15) is 11.4 Å². The van der Waals surface area contributed by atoms with Gasteiger partial charge in [-0.05, 0) is 48.0 Å². The number of halogens is 2. The van der Waals surface area contributed by atoms with Crippen molar-refractivity contribution in [3.63, 3.8) is 0 Å². The number of nitro groups is 1. The van der Waals surface area contributed by atoms with Gasteiger partial charge in [0, 0.05) is 5.02 Å². The molecule has 9 heteroatoms. The Morgan fingerprint density at radius 2 is 2.18 bits per heavy atom. The first-order valence-electron chi connectivity index (χ1n) is 6.13. The Hall–Kier alpha value is -1.93. The first-order chi connectivity index (χ1) is 10.3. The average molecular weight is 389 g/mol. The van der Waals surface area contributed by atoms with Crippen LogP contribution < -0.4 is 4.74 Å². The molecule has 2 aromatic rings. The van der Waals surface area contributed by atoms with Crippen LogP contribution in [0.3, 0.4) is 0 Å². The van der Waals surface area contributed by atoms with E-state index in [0.29, 0.717) is 20.9 Å². The van der Waals surface area contributed by atoms with E-state index in [1.54, 1.807) is 18.2 Å². The zero-order chi connectivity index (χ0) is 16.4. The molecule has 0 unspecified atom stereocenters. The highest BCUT2D eigenvalue weighted by Gasteiger charge is 2.23. The van der Waals surface area contributed by atoms with Gasteiger partial charge in [0.05, 0.1) is 9.40 Å². The highest BCUT2D eigenvalue weighted by Crippen LogP contribution is 2.28. The van der Waals surface area contributed by atoms with Crippen LogP contribution in [0.15, 0.2) is 22.7 Å². The van der Waals surface area contributed by atoms with E-state index in [4.69, 9.17) is 16.3 Å². The lowest BCUT2D eigenvalue weighted by atomic mass is 10.3. The molecule has 0 saturated heterocycles. The summed E-state index contributed by atoms with van der Waals surface area (Å²) in [6.07, 6.45) is 0. The zero-order valence-electron chi connectivity index (χ0n) is 11.7.